The van der Waals surface area contributed by atoms with Crippen molar-refractivity contribution in [2.24, 2.45) is 0 Å². The number of aromatic nitrogens is 1. The van der Waals surface area contributed by atoms with E-state index in [1.54, 1.807) is 6.20 Å². The third kappa shape index (κ3) is 4.58. The number of amides is 1. The molecule has 2 heterocycles. The smallest absolute Gasteiger partial charge is 0.238 e. The molecule has 1 atom stereocenters. The zero-order valence-electron chi connectivity index (χ0n) is 12.5. The molecule has 0 aliphatic carbocycles. The van der Waals surface area contributed by atoms with E-state index in [2.05, 4.69) is 26.6 Å². The van der Waals surface area contributed by atoms with Crippen LogP contribution in [0.15, 0.2) is 24.5 Å². The summed E-state index contributed by atoms with van der Waals surface area (Å²) in [6.07, 6.45) is 3.66. The normalized spacial score (nSPS) is 20.6. The summed E-state index contributed by atoms with van der Waals surface area (Å²) in [5, 5.41) is 6.32. The number of hydrogen-bond donors (Lipinski definition) is 2. The number of nitrogens with one attached hydrogen (secondary N) is 2. The van der Waals surface area contributed by atoms with Crippen molar-refractivity contribution in [1.29, 1.82) is 0 Å². The van der Waals surface area contributed by atoms with Crippen molar-refractivity contribution in [3.63, 3.8) is 0 Å². The van der Waals surface area contributed by atoms with E-state index in [1.165, 1.54) is 5.56 Å². The average molecular weight is 276 g/mol. The van der Waals surface area contributed by atoms with Gasteiger partial charge in [0.25, 0.3) is 0 Å². The summed E-state index contributed by atoms with van der Waals surface area (Å²) in [4.78, 5) is 18.6. The molecule has 110 valence electrons. The molecule has 1 aliphatic rings. The molecule has 0 bridgehead atoms. The van der Waals surface area contributed by atoms with Crippen LogP contribution in [0.1, 0.15) is 26.3 Å². The zero-order chi connectivity index (χ0) is 14.6. The van der Waals surface area contributed by atoms with Crippen LogP contribution in [0.3, 0.4) is 0 Å². The number of hydrogen-bond acceptors (Lipinski definition) is 4. The standard InChI is InChI=1S/C15H24N4O/c1-15(2,3)18-14(20)13-11-19(8-7-17-13)10-12-5-4-6-16-9-12/h4-6,9,13,17H,7-8,10-11H2,1-3H3,(H,18,20)/t13-/m1/s1. The average Bonchev–Trinajstić information content (AvgIpc) is 2.38. The molecule has 20 heavy (non-hydrogen) atoms. The largest absolute Gasteiger partial charge is 0.350 e. The molecule has 1 aromatic heterocycles. The van der Waals surface area contributed by atoms with Crippen molar-refractivity contribution in [2.75, 3.05) is 19.6 Å². The molecule has 2 N–H and O–H groups in total. The Bertz CT molecular complexity index is 441. The van der Waals surface area contributed by atoms with Gasteiger partial charge in [-0.1, -0.05) is 6.07 Å². The predicted octanol–water partition coefficient (Wildman–Crippen LogP) is 0.770. The van der Waals surface area contributed by atoms with Crippen LogP contribution in [0.25, 0.3) is 0 Å². The second-order valence-electron chi connectivity index (χ2n) is 6.34. The van der Waals surface area contributed by atoms with Gasteiger partial charge in [-0.15, -0.1) is 0 Å². The van der Waals surface area contributed by atoms with E-state index in [9.17, 15) is 4.79 Å². The molecule has 0 aromatic carbocycles. The molecule has 1 aliphatic heterocycles. The van der Waals surface area contributed by atoms with Crippen LogP contribution in [-0.2, 0) is 11.3 Å². The van der Waals surface area contributed by atoms with E-state index in [0.717, 1.165) is 26.2 Å². The molecule has 1 fully saturated rings. The first-order chi connectivity index (χ1) is 9.44. The maximum Gasteiger partial charge on any atom is 0.238 e. The van der Waals surface area contributed by atoms with Crippen LogP contribution in [-0.4, -0.2) is 47.0 Å². The molecule has 0 radical (unpaired) electrons. The van der Waals surface area contributed by atoms with Gasteiger partial charge in [-0.3, -0.25) is 14.7 Å². The van der Waals surface area contributed by atoms with Crippen molar-refractivity contribution in [1.82, 2.24) is 20.5 Å². The highest BCUT2D eigenvalue weighted by Gasteiger charge is 2.27. The van der Waals surface area contributed by atoms with Crippen LogP contribution in [0.4, 0.5) is 0 Å². The second-order valence-corrected chi connectivity index (χ2v) is 6.34. The summed E-state index contributed by atoms with van der Waals surface area (Å²) in [5.41, 5.74) is 0.995. The molecule has 2 rings (SSSR count). The van der Waals surface area contributed by atoms with E-state index < -0.39 is 0 Å². The minimum atomic E-state index is -0.190. The van der Waals surface area contributed by atoms with Crippen LogP contribution >= 0.6 is 0 Å². The lowest BCUT2D eigenvalue weighted by Crippen LogP contribution is -2.59. The van der Waals surface area contributed by atoms with Crippen LogP contribution < -0.4 is 10.6 Å². The second kappa shape index (κ2) is 6.33. The topological polar surface area (TPSA) is 57.3 Å². The highest BCUT2D eigenvalue weighted by Crippen LogP contribution is 2.08. The van der Waals surface area contributed by atoms with Gasteiger partial charge in [-0.25, -0.2) is 0 Å². The number of piperazine rings is 1. The Labute approximate surface area is 120 Å². The van der Waals surface area contributed by atoms with Crippen molar-refractivity contribution >= 4 is 5.91 Å². The molecule has 5 nitrogen and oxygen atoms in total. The third-order valence-corrected chi connectivity index (χ3v) is 3.20. The van der Waals surface area contributed by atoms with Crippen LogP contribution in [0.2, 0.25) is 0 Å². The highest BCUT2D eigenvalue weighted by atomic mass is 16.2. The Morgan fingerprint density at radius 3 is 3.00 bits per heavy atom. The molecule has 0 saturated carbocycles. The first-order valence-corrected chi connectivity index (χ1v) is 7.11. The summed E-state index contributed by atoms with van der Waals surface area (Å²) >= 11 is 0. The van der Waals surface area contributed by atoms with Crippen molar-refractivity contribution in [3.05, 3.63) is 30.1 Å². The number of carbonyl (C=O) groups is 1. The number of rotatable bonds is 3. The number of pyridine rings is 1. The fourth-order valence-corrected chi connectivity index (χ4v) is 2.34. The molecule has 5 heteroatoms. The van der Waals surface area contributed by atoms with E-state index in [-0.39, 0.29) is 17.5 Å². The zero-order valence-corrected chi connectivity index (χ0v) is 12.5. The minimum absolute atomic E-state index is 0.0772. The van der Waals surface area contributed by atoms with E-state index in [0.29, 0.717) is 0 Å². The lowest BCUT2D eigenvalue weighted by Gasteiger charge is -2.34. The van der Waals surface area contributed by atoms with E-state index >= 15 is 0 Å². The van der Waals surface area contributed by atoms with Crippen LogP contribution in [0.5, 0.6) is 0 Å². The quantitative estimate of drug-likeness (QED) is 0.856. The molecule has 1 saturated heterocycles. The van der Waals surface area contributed by atoms with Crippen LogP contribution in [0, 0.1) is 0 Å². The van der Waals surface area contributed by atoms with Gasteiger partial charge in [-0.2, -0.15) is 0 Å². The monoisotopic (exact) mass is 276 g/mol. The number of nitrogens with zero attached hydrogens (tertiary/aromatic N) is 2. The van der Waals surface area contributed by atoms with Gasteiger partial charge in [0.2, 0.25) is 5.91 Å². The van der Waals surface area contributed by atoms with Gasteiger partial charge in [0, 0.05) is 44.1 Å². The molecule has 0 spiro atoms. The fraction of sp³-hybridized carbons (Fsp3) is 0.600. The maximum atomic E-state index is 12.2. The van der Waals surface area contributed by atoms with E-state index in [4.69, 9.17) is 0 Å². The van der Waals surface area contributed by atoms with Gasteiger partial charge < -0.3 is 10.6 Å². The summed E-state index contributed by atoms with van der Waals surface area (Å²) in [6, 6.07) is 3.88. The Morgan fingerprint density at radius 1 is 1.55 bits per heavy atom. The molecule has 1 aromatic rings. The van der Waals surface area contributed by atoms with Gasteiger partial charge in [0.05, 0.1) is 6.04 Å². The molecule has 0 unspecified atom stereocenters. The molecule has 1 amide bonds. The molecular formula is C15H24N4O. The third-order valence-electron chi connectivity index (χ3n) is 3.20. The lowest BCUT2D eigenvalue weighted by atomic mass is 10.1. The Hall–Kier alpha value is -1.46. The van der Waals surface area contributed by atoms with Crippen molar-refractivity contribution in [2.45, 2.75) is 38.9 Å². The van der Waals surface area contributed by atoms with Crippen molar-refractivity contribution < 1.29 is 4.79 Å². The first kappa shape index (κ1) is 14.9. The summed E-state index contributed by atoms with van der Waals surface area (Å²) < 4.78 is 0. The Morgan fingerprint density at radius 2 is 2.35 bits per heavy atom. The van der Waals surface area contributed by atoms with Crippen molar-refractivity contribution in [3.8, 4) is 0 Å². The summed E-state index contributed by atoms with van der Waals surface area (Å²) in [7, 11) is 0. The maximum absolute atomic E-state index is 12.2. The van der Waals surface area contributed by atoms with Gasteiger partial charge in [0.15, 0.2) is 0 Å². The Kier molecular flexibility index (Phi) is 4.73. The number of carbonyl (C=O) groups excluding carboxylic acids is 1. The Balaban J connectivity index is 1.90. The summed E-state index contributed by atoms with van der Waals surface area (Å²) in [5.74, 6) is 0.0772. The SMILES string of the molecule is CC(C)(C)NC(=O)[C@H]1CN(Cc2cccnc2)CCN1. The van der Waals surface area contributed by atoms with Gasteiger partial charge in [-0.05, 0) is 32.4 Å². The lowest BCUT2D eigenvalue weighted by molar-refractivity contribution is -0.125. The van der Waals surface area contributed by atoms with Gasteiger partial charge >= 0.3 is 0 Å². The molecular weight excluding hydrogens is 252 g/mol. The minimum Gasteiger partial charge on any atom is -0.350 e. The van der Waals surface area contributed by atoms with Gasteiger partial charge in [0.1, 0.15) is 0 Å². The summed E-state index contributed by atoms with van der Waals surface area (Å²) in [6.45, 7) is 9.37. The van der Waals surface area contributed by atoms with E-state index in [1.807, 2.05) is 33.0 Å². The first-order valence-electron chi connectivity index (χ1n) is 7.11. The fourth-order valence-electron chi connectivity index (χ4n) is 2.34. The predicted molar refractivity (Wildman–Crippen MR) is 79.2 cm³/mol. The highest BCUT2D eigenvalue weighted by molar-refractivity contribution is 5.82.